The van der Waals surface area contributed by atoms with Gasteiger partial charge in [0.05, 0.1) is 5.69 Å². The lowest BCUT2D eigenvalue weighted by atomic mass is 10.0. The number of aryl methyl sites for hydroxylation is 1. The molecule has 0 radical (unpaired) electrons. The maximum Gasteiger partial charge on any atom is 0.160 e. The molecule has 0 saturated heterocycles. The van der Waals surface area contributed by atoms with E-state index in [1.54, 1.807) is 4.68 Å². The van der Waals surface area contributed by atoms with Gasteiger partial charge in [0.2, 0.25) is 0 Å². The third-order valence-corrected chi connectivity index (χ3v) is 2.73. The maximum atomic E-state index is 9.96. The molecule has 0 aromatic carbocycles. The number of aromatic hydroxyl groups is 1. The van der Waals surface area contributed by atoms with Crippen molar-refractivity contribution in [2.75, 3.05) is 0 Å². The molecule has 80 valence electrons. The SMILES string of the molecule is CCCc1c(O)c(C(C)CC)nn1C. The molecule has 1 N–H and O–H groups in total. The van der Waals surface area contributed by atoms with Crippen LogP contribution in [0.1, 0.15) is 50.9 Å². The molecule has 3 nitrogen and oxygen atoms in total. The van der Waals surface area contributed by atoms with Gasteiger partial charge in [-0.05, 0) is 12.8 Å². The molecule has 1 aromatic rings. The van der Waals surface area contributed by atoms with E-state index in [4.69, 9.17) is 0 Å². The zero-order valence-electron chi connectivity index (χ0n) is 9.54. The number of hydrogen-bond donors (Lipinski definition) is 1. The molecule has 14 heavy (non-hydrogen) atoms. The van der Waals surface area contributed by atoms with E-state index >= 15 is 0 Å². The molecule has 0 aliphatic rings. The molecule has 1 unspecified atom stereocenters. The molecular formula is C11H20N2O. The van der Waals surface area contributed by atoms with Gasteiger partial charge in [-0.2, -0.15) is 5.10 Å². The molecule has 0 aliphatic carbocycles. The van der Waals surface area contributed by atoms with Crippen molar-refractivity contribution in [3.63, 3.8) is 0 Å². The van der Waals surface area contributed by atoms with Crippen molar-refractivity contribution < 1.29 is 5.11 Å². The fourth-order valence-corrected chi connectivity index (χ4v) is 1.61. The second-order valence-electron chi connectivity index (χ2n) is 3.86. The molecule has 1 heterocycles. The van der Waals surface area contributed by atoms with E-state index in [-0.39, 0.29) is 0 Å². The highest BCUT2D eigenvalue weighted by molar-refractivity contribution is 5.34. The molecule has 1 aromatic heterocycles. The summed E-state index contributed by atoms with van der Waals surface area (Å²) in [7, 11) is 1.90. The Morgan fingerprint density at radius 1 is 1.43 bits per heavy atom. The van der Waals surface area contributed by atoms with Crippen LogP contribution >= 0.6 is 0 Å². The van der Waals surface area contributed by atoms with E-state index in [9.17, 15) is 5.11 Å². The largest absolute Gasteiger partial charge is 0.504 e. The Bertz CT molecular complexity index is 304. The third-order valence-electron chi connectivity index (χ3n) is 2.73. The Balaban J connectivity index is 3.03. The van der Waals surface area contributed by atoms with Crippen molar-refractivity contribution >= 4 is 0 Å². The lowest BCUT2D eigenvalue weighted by Gasteiger charge is -2.04. The van der Waals surface area contributed by atoms with Gasteiger partial charge in [-0.15, -0.1) is 0 Å². The van der Waals surface area contributed by atoms with Crippen LogP contribution in [0.25, 0.3) is 0 Å². The van der Waals surface area contributed by atoms with Gasteiger partial charge >= 0.3 is 0 Å². The van der Waals surface area contributed by atoms with E-state index in [1.165, 1.54) is 0 Å². The molecular weight excluding hydrogens is 176 g/mol. The summed E-state index contributed by atoms with van der Waals surface area (Å²) in [5.41, 5.74) is 1.81. The van der Waals surface area contributed by atoms with Crippen LogP contribution < -0.4 is 0 Å². The summed E-state index contributed by atoms with van der Waals surface area (Å²) in [4.78, 5) is 0. The van der Waals surface area contributed by atoms with Gasteiger partial charge in [0.25, 0.3) is 0 Å². The second kappa shape index (κ2) is 4.49. The van der Waals surface area contributed by atoms with E-state index in [2.05, 4.69) is 25.9 Å². The zero-order valence-corrected chi connectivity index (χ0v) is 9.54. The summed E-state index contributed by atoms with van der Waals surface area (Å²) >= 11 is 0. The summed E-state index contributed by atoms with van der Waals surface area (Å²) in [5.74, 6) is 0.746. The summed E-state index contributed by atoms with van der Waals surface area (Å²) in [6.07, 6.45) is 2.94. The topological polar surface area (TPSA) is 38.1 Å². The van der Waals surface area contributed by atoms with Gasteiger partial charge < -0.3 is 5.11 Å². The smallest absolute Gasteiger partial charge is 0.160 e. The quantitative estimate of drug-likeness (QED) is 0.803. The second-order valence-corrected chi connectivity index (χ2v) is 3.86. The van der Waals surface area contributed by atoms with Gasteiger partial charge in [-0.1, -0.05) is 27.2 Å². The minimum absolute atomic E-state index is 0.340. The monoisotopic (exact) mass is 196 g/mol. The number of hydrogen-bond acceptors (Lipinski definition) is 2. The third kappa shape index (κ3) is 1.91. The zero-order chi connectivity index (χ0) is 10.7. The van der Waals surface area contributed by atoms with Gasteiger partial charge in [-0.25, -0.2) is 0 Å². The van der Waals surface area contributed by atoms with E-state index < -0.39 is 0 Å². The van der Waals surface area contributed by atoms with Crippen molar-refractivity contribution in [1.29, 1.82) is 0 Å². The van der Waals surface area contributed by atoms with Gasteiger partial charge in [0, 0.05) is 13.0 Å². The van der Waals surface area contributed by atoms with Crippen molar-refractivity contribution in [3.05, 3.63) is 11.4 Å². The van der Waals surface area contributed by atoms with Crippen LogP contribution in [-0.2, 0) is 13.5 Å². The summed E-state index contributed by atoms with van der Waals surface area (Å²) in [6, 6.07) is 0. The minimum Gasteiger partial charge on any atom is -0.504 e. The number of nitrogens with zero attached hydrogens (tertiary/aromatic N) is 2. The van der Waals surface area contributed by atoms with Gasteiger partial charge in [0.1, 0.15) is 5.69 Å². The first kappa shape index (κ1) is 11.1. The Hall–Kier alpha value is -0.990. The first-order valence-electron chi connectivity index (χ1n) is 5.36. The van der Waals surface area contributed by atoms with E-state index in [1.807, 2.05) is 7.05 Å². The van der Waals surface area contributed by atoms with Crippen LogP contribution in [0.4, 0.5) is 0 Å². The van der Waals surface area contributed by atoms with Crippen molar-refractivity contribution in [2.45, 2.75) is 46.0 Å². The van der Waals surface area contributed by atoms with Crippen LogP contribution in [0.3, 0.4) is 0 Å². The molecule has 0 spiro atoms. The molecule has 0 bridgehead atoms. The first-order valence-corrected chi connectivity index (χ1v) is 5.36. The van der Waals surface area contributed by atoms with Crippen molar-refractivity contribution in [2.24, 2.45) is 7.05 Å². The molecule has 0 amide bonds. The van der Waals surface area contributed by atoms with Crippen LogP contribution in [0.15, 0.2) is 0 Å². The minimum atomic E-state index is 0.340. The summed E-state index contributed by atoms with van der Waals surface area (Å²) in [6.45, 7) is 6.31. The summed E-state index contributed by atoms with van der Waals surface area (Å²) in [5, 5.41) is 14.3. The fourth-order valence-electron chi connectivity index (χ4n) is 1.61. The average molecular weight is 196 g/mol. The van der Waals surface area contributed by atoms with Crippen LogP contribution in [0, 0.1) is 0 Å². The molecule has 1 rings (SSSR count). The highest BCUT2D eigenvalue weighted by Crippen LogP contribution is 2.30. The molecule has 3 heteroatoms. The van der Waals surface area contributed by atoms with Gasteiger partial charge in [-0.3, -0.25) is 4.68 Å². The Morgan fingerprint density at radius 2 is 2.07 bits per heavy atom. The maximum absolute atomic E-state index is 9.96. The van der Waals surface area contributed by atoms with Crippen LogP contribution in [0.2, 0.25) is 0 Å². The molecule has 1 atom stereocenters. The van der Waals surface area contributed by atoms with Crippen molar-refractivity contribution in [1.82, 2.24) is 9.78 Å². The summed E-state index contributed by atoms with van der Waals surface area (Å²) < 4.78 is 1.81. The normalized spacial score (nSPS) is 13.1. The highest BCUT2D eigenvalue weighted by atomic mass is 16.3. The average Bonchev–Trinajstić information content (AvgIpc) is 2.45. The Kier molecular flexibility index (Phi) is 3.55. The lowest BCUT2D eigenvalue weighted by molar-refractivity contribution is 0.453. The molecule has 0 fully saturated rings. The Labute approximate surface area is 85.8 Å². The predicted octanol–water partition coefficient (Wildman–Crippen LogP) is 2.59. The Morgan fingerprint density at radius 3 is 2.57 bits per heavy atom. The fraction of sp³-hybridized carbons (Fsp3) is 0.727. The first-order chi connectivity index (χ1) is 6.61. The van der Waals surface area contributed by atoms with Crippen LogP contribution in [-0.4, -0.2) is 14.9 Å². The lowest BCUT2D eigenvalue weighted by Crippen LogP contribution is -1.98. The van der Waals surface area contributed by atoms with Crippen LogP contribution in [0.5, 0.6) is 5.75 Å². The van der Waals surface area contributed by atoms with E-state index in [0.29, 0.717) is 11.7 Å². The number of aromatic nitrogens is 2. The van der Waals surface area contributed by atoms with Gasteiger partial charge in [0.15, 0.2) is 5.75 Å². The molecule has 0 aliphatic heterocycles. The van der Waals surface area contributed by atoms with Crippen molar-refractivity contribution in [3.8, 4) is 5.75 Å². The number of rotatable bonds is 4. The highest BCUT2D eigenvalue weighted by Gasteiger charge is 2.18. The molecule has 0 saturated carbocycles. The predicted molar refractivity (Wildman–Crippen MR) is 57.6 cm³/mol. The standard InChI is InChI=1S/C11H20N2O/c1-5-7-9-11(14)10(8(3)6-2)12-13(9)4/h8,14H,5-7H2,1-4H3. The van der Waals surface area contributed by atoms with E-state index in [0.717, 1.165) is 30.7 Å².